The maximum absolute atomic E-state index is 12.7. The van der Waals surface area contributed by atoms with E-state index in [1.807, 2.05) is 58.0 Å². The lowest BCUT2D eigenvalue weighted by molar-refractivity contribution is -0.122. The molecule has 2 aromatic carbocycles. The highest BCUT2D eigenvalue weighted by atomic mass is 32.2. The maximum atomic E-state index is 12.7. The third-order valence-electron chi connectivity index (χ3n) is 4.98. The van der Waals surface area contributed by atoms with Crippen LogP contribution in [-0.4, -0.2) is 27.6 Å². The van der Waals surface area contributed by atoms with Crippen LogP contribution in [0.15, 0.2) is 41.3 Å². The Bertz CT molecular complexity index is 1000. The molecule has 1 heterocycles. The molecular weight excluding hydrogens is 412 g/mol. The van der Waals surface area contributed by atoms with Crippen molar-refractivity contribution in [2.75, 3.05) is 11.9 Å². The van der Waals surface area contributed by atoms with E-state index in [4.69, 9.17) is 12.2 Å². The first-order chi connectivity index (χ1) is 14.2. The number of benzene rings is 2. The molecule has 1 saturated heterocycles. The predicted octanol–water partition coefficient (Wildman–Crippen LogP) is 5.54. The van der Waals surface area contributed by atoms with E-state index in [0.29, 0.717) is 28.6 Å². The molecule has 0 radical (unpaired) electrons. The molecule has 0 spiro atoms. The van der Waals surface area contributed by atoms with Crippen LogP contribution in [-0.2, 0) is 9.59 Å². The van der Waals surface area contributed by atoms with Gasteiger partial charge in [-0.3, -0.25) is 14.5 Å². The zero-order chi connectivity index (χ0) is 21.8. The second-order valence-corrected chi connectivity index (χ2v) is 9.35. The van der Waals surface area contributed by atoms with Crippen molar-refractivity contribution in [3.63, 3.8) is 0 Å². The number of anilines is 1. The molecule has 2 aromatic rings. The minimum absolute atomic E-state index is 0.0503. The van der Waals surface area contributed by atoms with E-state index in [0.717, 1.165) is 22.4 Å². The smallest absolute Gasteiger partial charge is 0.266 e. The van der Waals surface area contributed by atoms with Gasteiger partial charge in [0.1, 0.15) is 4.32 Å². The molecule has 4 nitrogen and oxygen atoms in total. The van der Waals surface area contributed by atoms with Crippen LogP contribution in [0.4, 0.5) is 5.69 Å². The highest BCUT2D eigenvalue weighted by Crippen LogP contribution is 2.32. The van der Waals surface area contributed by atoms with E-state index in [2.05, 4.69) is 17.4 Å². The van der Waals surface area contributed by atoms with Crippen molar-refractivity contribution in [2.45, 2.75) is 40.5 Å². The molecule has 30 heavy (non-hydrogen) atoms. The Morgan fingerprint density at radius 3 is 2.33 bits per heavy atom. The van der Waals surface area contributed by atoms with Gasteiger partial charge < -0.3 is 5.32 Å². The number of nitrogens with one attached hydrogen (secondary N) is 1. The summed E-state index contributed by atoms with van der Waals surface area (Å²) < 4.78 is 0.545. The minimum Gasteiger partial charge on any atom is -0.326 e. The lowest BCUT2D eigenvalue weighted by Gasteiger charge is -2.15. The van der Waals surface area contributed by atoms with Gasteiger partial charge in [0.15, 0.2) is 0 Å². The number of amides is 2. The number of hydrogen-bond donors (Lipinski definition) is 1. The molecule has 2 amide bonds. The van der Waals surface area contributed by atoms with Gasteiger partial charge in [-0.25, -0.2) is 0 Å². The van der Waals surface area contributed by atoms with Crippen molar-refractivity contribution in [1.82, 2.24) is 4.90 Å². The van der Waals surface area contributed by atoms with Crippen molar-refractivity contribution >= 4 is 51.9 Å². The second-order valence-electron chi connectivity index (χ2n) is 7.67. The van der Waals surface area contributed by atoms with Crippen molar-refractivity contribution in [2.24, 2.45) is 0 Å². The van der Waals surface area contributed by atoms with Crippen molar-refractivity contribution in [3.8, 4) is 0 Å². The normalized spacial score (nSPS) is 15.2. The number of thioether (sulfide) groups is 1. The van der Waals surface area contributed by atoms with Gasteiger partial charge in [0.05, 0.1) is 4.91 Å². The average molecular weight is 439 g/mol. The fourth-order valence-corrected chi connectivity index (χ4v) is 4.79. The number of rotatable bonds is 6. The average Bonchev–Trinajstić information content (AvgIpc) is 2.94. The van der Waals surface area contributed by atoms with Crippen LogP contribution >= 0.6 is 24.0 Å². The van der Waals surface area contributed by atoms with Crippen LogP contribution < -0.4 is 5.32 Å². The quantitative estimate of drug-likeness (QED) is 0.475. The van der Waals surface area contributed by atoms with Crippen molar-refractivity contribution in [3.05, 3.63) is 69.1 Å². The van der Waals surface area contributed by atoms with Crippen LogP contribution in [0.2, 0.25) is 0 Å². The van der Waals surface area contributed by atoms with Crippen LogP contribution in [0.25, 0.3) is 6.08 Å². The number of carbonyl (C=O) groups is 2. The minimum atomic E-state index is -0.0868. The molecule has 0 aromatic heterocycles. The predicted molar refractivity (Wildman–Crippen MR) is 130 cm³/mol. The first-order valence-corrected chi connectivity index (χ1v) is 11.2. The Morgan fingerprint density at radius 2 is 1.70 bits per heavy atom. The molecular formula is C24H26N2O2S2. The summed E-state index contributed by atoms with van der Waals surface area (Å²) >= 11 is 6.70. The third kappa shape index (κ3) is 5.37. The lowest BCUT2D eigenvalue weighted by atomic mass is 10.0. The van der Waals surface area contributed by atoms with Gasteiger partial charge in [-0.1, -0.05) is 71.5 Å². The molecule has 6 heteroatoms. The topological polar surface area (TPSA) is 49.4 Å². The van der Waals surface area contributed by atoms with Gasteiger partial charge in [0.2, 0.25) is 5.91 Å². The van der Waals surface area contributed by atoms with Crippen LogP contribution in [0, 0.1) is 27.7 Å². The zero-order valence-corrected chi connectivity index (χ0v) is 19.4. The van der Waals surface area contributed by atoms with Gasteiger partial charge in [-0.05, 0) is 56.9 Å². The Hall–Kier alpha value is -2.44. The summed E-state index contributed by atoms with van der Waals surface area (Å²) in [6.07, 6.45) is 2.76. The van der Waals surface area contributed by atoms with Crippen molar-refractivity contribution in [1.29, 1.82) is 0 Å². The molecule has 1 aliphatic heterocycles. The number of carbonyl (C=O) groups excluding carboxylic acids is 2. The van der Waals surface area contributed by atoms with Gasteiger partial charge in [0.25, 0.3) is 5.91 Å². The molecule has 1 N–H and O–H groups in total. The molecule has 1 aliphatic rings. The fraction of sp³-hybridized carbons (Fsp3) is 0.292. The molecule has 3 rings (SSSR count). The summed E-state index contributed by atoms with van der Waals surface area (Å²) in [7, 11) is 0. The SMILES string of the molecule is Cc1ccc(/C=C2\SC(=S)N(CCCC(=O)Nc3c(C)cc(C)cc3C)C2=O)cc1. The summed E-state index contributed by atoms with van der Waals surface area (Å²) in [5.41, 5.74) is 6.31. The molecule has 0 unspecified atom stereocenters. The number of thiocarbonyl (C=S) groups is 1. The maximum Gasteiger partial charge on any atom is 0.266 e. The van der Waals surface area contributed by atoms with E-state index in [-0.39, 0.29) is 11.8 Å². The Balaban J connectivity index is 1.56. The van der Waals surface area contributed by atoms with Gasteiger partial charge in [-0.2, -0.15) is 0 Å². The second kappa shape index (κ2) is 9.58. The summed E-state index contributed by atoms with van der Waals surface area (Å²) in [4.78, 5) is 27.3. The fourth-order valence-electron chi connectivity index (χ4n) is 3.48. The first-order valence-electron chi connectivity index (χ1n) is 9.94. The van der Waals surface area contributed by atoms with E-state index >= 15 is 0 Å². The molecule has 156 valence electrons. The van der Waals surface area contributed by atoms with Crippen LogP contribution in [0.3, 0.4) is 0 Å². The first kappa shape index (κ1) is 22.2. The number of hydrogen-bond acceptors (Lipinski definition) is 4. The lowest BCUT2D eigenvalue weighted by Crippen LogP contribution is -2.29. The molecule has 0 bridgehead atoms. The Morgan fingerprint density at radius 1 is 1.07 bits per heavy atom. The van der Waals surface area contributed by atoms with Crippen molar-refractivity contribution < 1.29 is 9.59 Å². The monoisotopic (exact) mass is 438 g/mol. The summed E-state index contributed by atoms with van der Waals surface area (Å²) in [6, 6.07) is 12.1. The number of aryl methyl sites for hydroxylation is 4. The van der Waals surface area contributed by atoms with Gasteiger partial charge >= 0.3 is 0 Å². The third-order valence-corrected chi connectivity index (χ3v) is 6.35. The largest absolute Gasteiger partial charge is 0.326 e. The standard InChI is InChI=1S/C24H26N2O2S2/c1-15-7-9-19(10-8-15)14-20-23(28)26(24(29)30-20)11-5-6-21(27)25-22-17(3)12-16(2)13-18(22)4/h7-10,12-14H,5-6,11H2,1-4H3,(H,25,27)/b20-14-. The number of nitrogens with zero attached hydrogens (tertiary/aromatic N) is 1. The van der Waals surface area contributed by atoms with Gasteiger partial charge in [-0.15, -0.1) is 0 Å². The molecule has 1 fully saturated rings. The summed E-state index contributed by atoms with van der Waals surface area (Å²) in [6.45, 7) is 8.50. The highest BCUT2D eigenvalue weighted by molar-refractivity contribution is 8.26. The van der Waals surface area contributed by atoms with Crippen LogP contribution in [0.1, 0.15) is 40.7 Å². The molecule has 0 aliphatic carbocycles. The molecule has 0 atom stereocenters. The van der Waals surface area contributed by atoms with E-state index in [1.165, 1.54) is 22.9 Å². The van der Waals surface area contributed by atoms with E-state index < -0.39 is 0 Å². The highest BCUT2D eigenvalue weighted by Gasteiger charge is 2.31. The Kier molecular flexibility index (Phi) is 7.10. The summed E-state index contributed by atoms with van der Waals surface area (Å²) in [5.74, 6) is -0.137. The summed E-state index contributed by atoms with van der Waals surface area (Å²) in [5, 5.41) is 3.01. The van der Waals surface area contributed by atoms with E-state index in [1.54, 1.807) is 4.90 Å². The van der Waals surface area contributed by atoms with E-state index in [9.17, 15) is 9.59 Å². The molecule has 0 saturated carbocycles. The Labute approximate surface area is 187 Å². The van der Waals surface area contributed by atoms with Crippen LogP contribution in [0.5, 0.6) is 0 Å². The van der Waals surface area contributed by atoms with Gasteiger partial charge in [0, 0.05) is 18.7 Å². The zero-order valence-electron chi connectivity index (χ0n) is 17.7.